The van der Waals surface area contributed by atoms with Gasteiger partial charge >= 0.3 is 0 Å². The lowest BCUT2D eigenvalue weighted by Gasteiger charge is -2.31. The molecule has 0 saturated heterocycles. The molecule has 0 heterocycles. The molecule has 3 atom stereocenters. The van der Waals surface area contributed by atoms with E-state index in [9.17, 15) is 0 Å². The highest BCUT2D eigenvalue weighted by Gasteiger charge is 2.23. The number of hydrogen-bond acceptors (Lipinski definition) is 2. The largest absolute Gasteiger partial charge is 0.317 e. The van der Waals surface area contributed by atoms with Crippen molar-refractivity contribution in [1.29, 1.82) is 0 Å². The fraction of sp³-hybridized carbons (Fsp3) is 1.00. The van der Waals surface area contributed by atoms with Crippen molar-refractivity contribution in [1.82, 2.24) is 10.6 Å². The second kappa shape index (κ2) is 12.0. The summed E-state index contributed by atoms with van der Waals surface area (Å²) in [6, 6.07) is 0. The van der Waals surface area contributed by atoms with E-state index in [1.54, 1.807) is 0 Å². The molecule has 0 aromatic carbocycles. The van der Waals surface area contributed by atoms with Gasteiger partial charge in [-0.15, -0.1) is 0 Å². The van der Waals surface area contributed by atoms with E-state index in [4.69, 9.17) is 0 Å². The summed E-state index contributed by atoms with van der Waals surface area (Å²) in [5.74, 6) is 2.55. The molecule has 2 N–H and O–H groups in total. The Morgan fingerprint density at radius 1 is 0.889 bits per heavy atom. The van der Waals surface area contributed by atoms with Crippen LogP contribution in [0, 0.1) is 17.8 Å². The van der Waals surface area contributed by atoms with Crippen molar-refractivity contribution in [2.24, 2.45) is 17.8 Å². The Morgan fingerprint density at radius 2 is 1.61 bits per heavy atom. The minimum absolute atomic E-state index is 0.836. The van der Waals surface area contributed by atoms with Crippen molar-refractivity contribution in [2.75, 3.05) is 26.2 Å². The van der Waals surface area contributed by atoms with E-state index in [1.165, 1.54) is 45.3 Å². The Kier molecular flexibility index (Phi) is 11.9. The number of nitrogens with one attached hydrogen (secondary N) is 2. The van der Waals surface area contributed by atoms with E-state index in [0.29, 0.717) is 0 Å². The van der Waals surface area contributed by atoms with Crippen LogP contribution >= 0.6 is 0 Å². The minimum Gasteiger partial charge on any atom is -0.317 e. The van der Waals surface area contributed by atoms with Crippen LogP contribution in [-0.2, 0) is 0 Å². The van der Waals surface area contributed by atoms with Crippen LogP contribution in [0.2, 0.25) is 0 Å². The normalized spacial score (nSPS) is 16.5. The van der Waals surface area contributed by atoms with Crippen LogP contribution in [0.25, 0.3) is 0 Å². The Balaban J connectivity index is 4.13. The van der Waals surface area contributed by atoms with Crippen LogP contribution in [0.3, 0.4) is 0 Å². The van der Waals surface area contributed by atoms with Crippen LogP contribution in [0.1, 0.15) is 60.3 Å². The van der Waals surface area contributed by atoms with E-state index < -0.39 is 0 Å². The summed E-state index contributed by atoms with van der Waals surface area (Å²) < 4.78 is 0. The molecule has 2 heteroatoms. The smallest absolute Gasteiger partial charge is 0.00179 e. The fourth-order valence-electron chi connectivity index (χ4n) is 2.98. The third-order valence-corrected chi connectivity index (χ3v) is 4.19. The SMILES string of the molecule is CCCNCC(CC)C(CC)C(C)CCNCC. The molecule has 0 saturated carbocycles. The standard InChI is InChI=1S/C16H36N2/c1-6-11-18-13-15(7-2)16(8-3)14(5)10-12-17-9-4/h14-18H,6-13H2,1-5H3. The van der Waals surface area contributed by atoms with Gasteiger partial charge < -0.3 is 10.6 Å². The van der Waals surface area contributed by atoms with Crippen LogP contribution < -0.4 is 10.6 Å². The van der Waals surface area contributed by atoms with Gasteiger partial charge in [-0.05, 0) is 56.8 Å². The second-order valence-electron chi connectivity index (χ2n) is 5.56. The van der Waals surface area contributed by atoms with Crippen molar-refractivity contribution in [2.45, 2.75) is 60.3 Å². The maximum absolute atomic E-state index is 3.61. The summed E-state index contributed by atoms with van der Waals surface area (Å²) >= 11 is 0. The average Bonchev–Trinajstić information content (AvgIpc) is 2.38. The van der Waals surface area contributed by atoms with Crippen LogP contribution in [0.4, 0.5) is 0 Å². The Morgan fingerprint density at radius 3 is 2.11 bits per heavy atom. The summed E-state index contributed by atoms with van der Waals surface area (Å²) in [4.78, 5) is 0. The van der Waals surface area contributed by atoms with Gasteiger partial charge in [0, 0.05) is 0 Å². The lowest BCUT2D eigenvalue weighted by molar-refractivity contribution is 0.209. The summed E-state index contributed by atoms with van der Waals surface area (Å²) in [7, 11) is 0. The van der Waals surface area contributed by atoms with Crippen LogP contribution in [-0.4, -0.2) is 26.2 Å². The van der Waals surface area contributed by atoms with Gasteiger partial charge in [-0.3, -0.25) is 0 Å². The van der Waals surface area contributed by atoms with Crippen molar-refractivity contribution >= 4 is 0 Å². The number of hydrogen-bond donors (Lipinski definition) is 2. The summed E-state index contributed by atoms with van der Waals surface area (Å²) in [6.07, 6.45) is 5.18. The zero-order chi connectivity index (χ0) is 13.8. The summed E-state index contributed by atoms with van der Waals surface area (Å²) in [5.41, 5.74) is 0. The fourth-order valence-corrected chi connectivity index (χ4v) is 2.98. The molecule has 0 fully saturated rings. The number of rotatable bonds is 12. The Labute approximate surface area is 115 Å². The van der Waals surface area contributed by atoms with E-state index in [2.05, 4.69) is 45.3 Å². The second-order valence-corrected chi connectivity index (χ2v) is 5.56. The van der Waals surface area contributed by atoms with Gasteiger partial charge in [-0.2, -0.15) is 0 Å². The maximum atomic E-state index is 3.61. The van der Waals surface area contributed by atoms with Crippen LogP contribution in [0.15, 0.2) is 0 Å². The Bertz CT molecular complexity index is 170. The predicted molar refractivity (Wildman–Crippen MR) is 83.0 cm³/mol. The molecule has 0 rings (SSSR count). The molecular formula is C16H36N2. The van der Waals surface area contributed by atoms with E-state index in [1.807, 2.05) is 0 Å². The lowest BCUT2D eigenvalue weighted by atomic mass is 9.77. The molecule has 0 amide bonds. The van der Waals surface area contributed by atoms with Crippen LogP contribution in [0.5, 0.6) is 0 Å². The van der Waals surface area contributed by atoms with Gasteiger partial charge in [0.15, 0.2) is 0 Å². The highest BCUT2D eigenvalue weighted by atomic mass is 14.9. The monoisotopic (exact) mass is 256 g/mol. The zero-order valence-electron chi connectivity index (χ0n) is 13.4. The van der Waals surface area contributed by atoms with Gasteiger partial charge in [0.1, 0.15) is 0 Å². The first-order valence-electron chi connectivity index (χ1n) is 8.12. The topological polar surface area (TPSA) is 24.1 Å². The molecule has 0 spiro atoms. The van der Waals surface area contributed by atoms with Gasteiger partial charge in [0.05, 0.1) is 0 Å². The molecule has 18 heavy (non-hydrogen) atoms. The van der Waals surface area contributed by atoms with E-state index in [-0.39, 0.29) is 0 Å². The van der Waals surface area contributed by atoms with E-state index in [0.717, 1.165) is 24.3 Å². The minimum atomic E-state index is 0.836. The molecule has 0 aromatic rings. The highest BCUT2D eigenvalue weighted by Crippen LogP contribution is 2.28. The molecule has 110 valence electrons. The first kappa shape index (κ1) is 17.9. The highest BCUT2D eigenvalue weighted by molar-refractivity contribution is 4.75. The van der Waals surface area contributed by atoms with Crippen molar-refractivity contribution in [3.63, 3.8) is 0 Å². The molecule has 0 aromatic heterocycles. The molecule has 0 aliphatic rings. The van der Waals surface area contributed by atoms with Crippen molar-refractivity contribution < 1.29 is 0 Å². The predicted octanol–water partition coefficient (Wildman–Crippen LogP) is 3.67. The zero-order valence-corrected chi connectivity index (χ0v) is 13.4. The summed E-state index contributed by atoms with van der Waals surface area (Å²) in [6.45, 7) is 16.2. The quantitative estimate of drug-likeness (QED) is 0.521. The lowest BCUT2D eigenvalue weighted by Crippen LogP contribution is -2.32. The molecule has 2 nitrogen and oxygen atoms in total. The van der Waals surface area contributed by atoms with Crippen molar-refractivity contribution in [3.05, 3.63) is 0 Å². The van der Waals surface area contributed by atoms with Gasteiger partial charge in [-0.25, -0.2) is 0 Å². The Hall–Kier alpha value is -0.0800. The first-order valence-corrected chi connectivity index (χ1v) is 8.12. The molecular weight excluding hydrogens is 220 g/mol. The van der Waals surface area contributed by atoms with Gasteiger partial charge in [0.25, 0.3) is 0 Å². The summed E-state index contributed by atoms with van der Waals surface area (Å²) in [5, 5.41) is 7.06. The molecule has 0 aliphatic carbocycles. The third kappa shape index (κ3) is 7.38. The first-order chi connectivity index (χ1) is 8.71. The van der Waals surface area contributed by atoms with Gasteiger partial charge in [0.2, 0.25) is 0 Å². The molecule has 3 unspecified atom stereocenters. The van der Waals surface area contributed by atoms with Crippen molar-refractivity contribution in [3.8, 4) is 0 Å². The molecule has 0 radical (unpaired) electrons. The average molecular weight is 256 g/mol. The molecule has 0 aliphatic heterocycles. The molecule has 0 bridgehead atoms. The maximum Gasteiger partial charge on any atom is -0.00179 e. The van der Waals surface area contributed by atoms with Gasteiger partial charge in [-0.1, -0.05) is 47.5 Å². The third-order valence-electron chi connectivity index (χ3n) is 4.19. The van der Waals surface area contributed by atoms with E-state index >= 15 is 0 Å².